The minimum atomic E-state index is -1.51. The number of amides is 2. The van der Waals surface area contributed by atoms with Gasteiger partial charge in [-0.05, 0) is 24.5 Å². The van der Waals surface area contributed by atoms with Crippen molar-refractivity contribution in [2.75, 3.05) is 11.9 Å². The van der Waals surface area contributed by atoms with E-state index >= 15 is 0 Å². The summed E-state index contributed by atoms with van der Waals surface area (Å²) in [6.07, 6.45) is 1.89. The molecule has 11 nitrogen and oxygen atoms in total. The Morgan fingerprint density at radius 1 is 0.953 bits per heavy atom. The summed E-state index contributed by atoms with van der Waals surface area (Å²) in [5, 5.41) is 16.2. The maximum absolute atomic E-state index is 13.4. The van der Waals surface area contributed by atoms with Crippen LogP contribution in [0.3, 0.4) is 0 Å². The number of rotatable bonds is 14. The number of ketones is 1. The average Bonchev–Trinajstić information content (AvgIpc) is 3.02. The summed E-state index contributed by atoms with van der Waals surface area (Å²) in [4.78, 5) is 59.7. The van der Waals surface area contributed by atoms with E-state index in [4.69, 9.17) is 4.74 Å². The number of anilines is 1. The Hall–Kier alpha value is -5.16. The second-order valence-corrected chi connectivity index (χ2v) is 9.83. The van der Waals surface area contributed by atoms with Crippen LogP contribution in [0.2, 0.25) is 0 Å². The molecule has 0 bridgehead atoms. The van der Waals surface area contributed by atoms with Gasteiger partial charge in [-0.1, -0.05) is 66.7 Å². The van der Waals surface area contributed by atoms with Crippen molar-refractivity contribution in [1.82, 2.24) is 19.9 Å². The van der Waals surface area contributed by atoms with Gasteiger partial charge >= 0.3 is 0 Å². The fraction of sp³-hybridized carbons (Fsp3) is 0.250. The van der Waals surface area contributed by atoms with Gasteiger partial charge < -0.3 is 20.5 Å². The SMILES string of the molecule is CC(=O)Nc1cnc(-c2ccccc2)n(CC(=O)N[C@@H](Cc2ccccc2)[C@@H](O)C(=O)CCCOc2ccccn2)c1=O. The normalized spacial score (nSPS) is 12.1. The number of nitrogens with zero attached hydrogens (tertiary/aromatic N) is 3. The van der Waals surface area contributed by atoms with Crippen LogP contribution in [0.1, 0.15) is 25.3 Å². The molecule has 0 unspecified atom stereocenters. The van der Waals surface area contributed by atoms with Gasteiger partial charge in [0.15, 0.2) is 5.78 Å². The lowest BCUT2D eigenvalue weighted by Crippen LogP contribution is -2.49. The number of aliphatic hydroxyl groups is 1. The topological polar surface area (TPSA) is 153 Å². The van der Waals surface area contributed by atoms with Crippen molar-refractivity contribution >= 4 is 23.3 Å². The van der Waals surface area contributed by atoms with E-state index in [2.05, 4.69) is 20.6 Å². The number of benzene rings is 2. The molecule has 0 spiro atoms. The standard InChI is InChI=1S/C32H33N5O6/c1-22(38)35-26-20-34-31(24-13-6-3-7-14-24)37(32(26)42)21-28(40)36-25(19-23-11-4-2-5-12-23)30(41)27(39)15-10-18-43-29-16-8-9-17-33-29/h2-9,11-14,16-17,20,25,30,41H,10,15,18-19,21H2,1H3,(H,35,38)(H,36,40)/t25-,30+/m0/s1. The number of aliphatic hydroxyl groups excluding tert-OH is 1. The van der Waals surface area contributed by atoms with Gasteiger partial charge in [0.25, 0.3) is 5.56 Å². The van der Waals surface area contributed by atoms with E-state index in [1.807, 2.05) is 36.4 Å². The number of hydrogen-bond acceptors (Lipinski definition) is 8. The Labute approximate surface area is 248 Å². The monoisotopic (exact) mass is 583 g/mol. The summed E-state index contributed by atoms with van der Waals surface area (Å²) in [6.45, 7) is 1.03. The molecule has 0 fully saturated rings. The van der Waals surface area contributed by atoms with E-state index in [1.165, 1.54) is 13.1 Å². The number of ether oxygens (including phenoxy) is 1. The van der Waals surface area contributed by atoms with Crippen LogP contribution in [0.4, 0.5) is 5.69 Å². The molecule has 11 heteroatoms. The summed E-state index contributed by atoms with van der Waals surface area (Å²) in [5.74, 6) is -0.877. The van der Waals surface area contributed by atoms with Crippen LogP contribution < -0.4 is 20.9 Å². The second-order valence-electron chi connectivity index (χ2n) is 9.83. The van der Waals surface area contributed by atoms with Crippen molar-refractivity contribution in [3.05, 3.63) is 107 Å². The molecule has 0 aliphatic carbocycles. The molecule has 0 aliphatic heterocycles. The van der Waals surface area contributed by atoms with Crippen LogP contribution in [0.5, 0.6) is 5.88 Å². The first-order valence-electron chi connectivity index (χ1n) is 13.8. The van der Waals surface area contributed by atoms with Crippen molar-refractivity contribution in [2.45, 2.75) is 44.9 Å². The van der Waals surface area contributed by atoms with Crippen molar-refractivity contribution in [2.24, 2.45) is 0 Å². The maximum Gasteiger partial charge on any atom is 0.278 e. The molecule has 4 aromatic rings. The molecule has 0 aliphatic rings. The molecule has 2 aromatic carbocycles. The van der Waals surface area contributed by atoms with Gasteiger partial charge in [0, 0.05) is 31.2 Å². The molecule has 222 valence electrons. The fourth-order valence-corrected chi connectivity index (χ4v) is 4.47. The highest BCUT2D eigenvalue weighted by atomic mass is 16.5. The summed E-state index contributed by atoms with van der Waals surface area (Å²) in [5.41, 5.74) is 0.688. The second kappa shape index (κ2) is 15.2. The molecule has 2 atom stereocenters. The number of nitrogens with one attached hydrogen (secondary N) is 2. The van der Waals surface area contributed by atoms with Crippen LogP contribution in [0.25, 0.3) is 11.4 Å². The van der Waals surface area contributed by atoms with E-state index in [1.54, 1.807) is 48.7 Å². The first kappa shape index (κ1) is 30.8. The molecule has 3 N–H and O–H groups in total. The predicted octanol–water partition coefficient (Wildman–Crippen LogP) is 2.78. The molecule has 2 aromatic heterocycles. The first-order chi connectivity index (χ1) is 20.8. The number of Topliss-reactive ketones (excluding diaryl/α,β-unsaturated/α-hetero) is 1. The zero-order chi connectivity index (χ0) is 30.6. The van der Waals surface area contributed by atoms with E-state index in [0.717, 1.165) is 10.1 Å². The Balaban J connectivity index is 1.51. The average molecular weight is 584 g/mol. The molecule has 4 rings (SSSR count). The lowest BCUT2D eigenvalue weighted by molar-refractivity contribution is -0.130. The molecule has 2 amide bonds. The molecular weight excluding hydrogens is 550 g/mol. The fourth-order valence-electron chi connectivity index (χ4n) is 4.47. The van der Waals surface area contributed by atoms with Gasteiger partial charge in [0.1, 0.15) is 24.2 Å². The van der Waals surface area contributed by atoms with Gasteiger partial charge in [0.2, 0.25) is 17.7 Å². The lowest BCUT2D eigenvalue weighted by atomic mass is 9.96. The number of carbonyl (C=O) groups is 3. The summed E-state index contributed by atoms with van der Waals surface area (Å²) in [6, 6.07) is 22.3. The minimum Gasteiger partial charge on any atom is -0.478 e. The van der Waals surface area contributed by atoms with Gasteiger partial charge in [-0.3, -0.25) is 23.7 Å². The van der Waals surface area contributed by atoms with E-state index in [-0.39, 0.29) is 31.0 Å². The summed E-state index contributed by atoms with van der Waals surface area (Å²) >= 11 is 0. The van der Waals surface area contributed by atoms with Crippen molar-refractivity contribution in [1.29, 1.82) is 0 Å². The third kappa shape index (κ3) is 8.91. The Morgan fingerprint density at radius 2 is 1.65 bits per heavy atom. The molecule has 0 radical (unpaired) electrons. The quantitative estimate of drug-likeness (QED) is 0.192. The van der Waals surface area contributed by atoms with Gasteiger partial charge in [0.05, 0.1) is 18.8 Å². The summed E-state index contributed by atoms with van der Waals surface area (Å²) < 4.78 is 6.69. The Morgan fingerprint density at radius 3 is 2.33 bits per heavy atom. The molecule has 2 heterocycles. The third-order valence-corrected chi connectivity index (χ3v) is 6.50. The maximum atomic E-state index is 13.4. The van der Waals surface area contributed by atoms with Crippen molar-refractivity contribution < 1.29 is 24.2 Å². The van der Waals surface area contributed by atoms with Crippen molar-refractivity contribution in [3.8, 4) is 17.3 Å². The number of hydrogen-bond donors (Lipinski definition) is 3. The van der Waals surface area contributed by atoms with Gasteiger partial charge in [-0.25, -0.2) is 9.97 Å². The smallest absolute Gasteiger partial charge is 0.278 e. The van der Waals surface area contributed by atoms with E-state index in [0.29, 0.717) is 17.9 Å². The highest BCUT2D eigenvalue weighted by molar-refractivity contribution is 5.88. The highest BCUT2D eigenvalue weighted by Gasteiger charge is 2.28. The molecule has 43 heavy (non-hydrogen) atoms. The zero-order valence-corrected chi connectivity index (χ0v) is 23.7. The largest absolute Gasteiger partial charge is 0.478 e. The Bertz CT molecular complexity index is 1580. The van der Waals surface area contributed by atoms with Crippen LogP contribution >= 0.6 is 0 Å². The van der Waals surface area contributed by atoms with E-state index < -0.39 is 41.8 Å². The minimum absolute atomic E-state index is 0.0233. The zero-order valence-electron chi connectivity index (χ0n) is 23.7. The molecule has 0 saturated carbocycles. The van der Waals surface area contributed by atoms with Crippen LogP contribution in [0.15, 0.2) is 96.1 Å². The lowest BCUT2D eigenvalue weighted by Gasteiger charge is -2.24. The number of aromatic nitrogens is 3. The number of pyridine rings is 1. The van der Waals surface area contributed by atoms with Crippen LogP contribution in [0, 0.1) is 0 Å². The van der Waals surface area contributed by atoms with Gasteiger partial charge in [-0.2, -0.15) is 0 Å². The molecule has 0 saturated heterocycles. The molecular formula is C32H33N5O6. The van der Waals surface area contributed by atoms with E-state index in [9.17, 15) is 24.3 Å². The number of carbonyl (C=O) groups excluding carboxylic acids is 3. The van der Waals surface area contributed by atoms with Crippen LogP contribution in [-0.4, -0.2) is 56.0 Å². The first-order valence-corrected chi connectivity index (χ1v) is 13.8. The Kier molecular flexibility index (Phi) is 10.9. The van der Waals surface area contributed by atoms with Gasteiger partial charge in [-0.15, -0.1) is 0 Å². The van der Waals surface area contributed by atoms with Crippen molar-refractivity contribution in [3.63, 3.8) is 0 Å². The summed E-state index contributed by atoms with van der Waals surface area (Å²) in [7, 11) is 0. The highest BCUT2D eigenvalue weighted by Crippen LogP contribution is 2.17. The van der Waals surface area contributed by atoms with Crippen LogP contribution in [-0.2, 0) is 27.3 Å². The third-order valence-electron chi connectivity index (χ3n) is 6.50. The predicted molar refractivity (Wildman–Crippen MR) is 160 cm³/mol.